The smallest absolute Gasteiger partial charge is 0.350 e. The molecule has 8 heteroatoms. The first-order chi connectivity index (χ1) is 19.3. The van der Waals surface area contributed by atoms with Gasteiger partial charge in [-0.3, -0.25) is 9.59 Å². The van der Waals surface area contributed by atoms with Crippen LogP contribution in [0.25, 0.3) is 0 Å². The number of anilines is 2. The minimum atomic E-state index is -4.13. The average Bonchev–Trinajstić information content (AvgIpc) is 2.91. The average molecular weight is 585 g/mol. The second kappa shape index (κ2) is 11.9. The Morgan fingerprint density at radius 1 is 0.643 bits per heavy atom. The molecule has 226 valence electrons. The second-order valence-corrected chi connectivity index (χ2v) is 12.7. The maximum atomic E-state index is 15.2. The van der Waals surface area contributed by atoms with Crippen LogP contribution in [0.1, 0.15) is 77.6 Å². The molecule has 0 bridgehead atoms. The summed E-state index contributed by atoms with van der Waals surface area (Å²) in [5.41, 5.74) is 0.777. The molecule has 0 saturated heterocycles. The maximum Gasteiger partial charge on any atom is 0.350 e. The lowest BCUT2D eigenvalue weighted by Crippen LogP contribution is -2.35. The molecule has 0 aromatic heterocycles. The summed E-state index contributed by atoms with van der Waals surface area (Å²) in [5, 5.41) is 5.61. The van der Waals surface area contributed by atoms with Crippen LogP contribution < -0.4 is 10.6 Å². The molecule has 0 aliphatic heterocycles. The third kappa shape index (κ3) is 7.20. The van der Waals surface area contributed by atoms with Crippen molar-refractivity contribution in [2.24, 2.45) is 11.8 Å². The lowest BCUT2D eigenvalue weighted by atomic mass is 9.78. The molecule has 2 N–H and O–H groups in total. The molecule has 3 rings (SSSR count). The molecule has 4 nitrogen and oxygen atoms in total. The van der Waals surface area contributed by atoms with Crippen LogP contribution in [0.3, 0.4) is 0 Å². The topological polar surface area (TPSA) is 58.2 Å². The summed E-state index contributed by atoms with van der Waals surface area (Å²) in [6.07, 6.45) is 0. The largest absolute Gasteiger partial charge is 0.380 e. The quantitative estimate of drug-likeness (QED) is 0.234. The van der Waals surface area contributed by atoms with Gasteiger partial charge in [-0.05, 0) is 68.1 Å². The Hall–Kier alpha value is -3.68. The summed E-state index contributed by atoms with van der Waals surface area (Å²) >= 11 is 0. The Kier molecular flexibility index (Phi) is 9.30. The van der Waals surface area contributed by atoms with Crippen molar-refractivity contribution in [2.45, 2.75) is 78.2 Å². The zero-order chi connectivity index (χ0) is 31.7. The SMILES string of the molecule is CC(C)C(C)C(=O)C(F)(F)c1cccc(C(F)(F)C(=O)Nc2ccc(C(C)(C)c3ccc(NC(C)(C)C)cc3)cc2)c1. The third-order valence-electron chi connectivity index (χ3n) is 7.59. The molecule has 3 aromatic carbocycles. The molecule has 0 radical (unpaired) electrons. The first kappa shape index (κ1) is 32.8. The lowest BCUT2D eigenvalue weighted by Gasteiger charge is -2.28. The van der Waals surface area contributed by atoms with Gasteiger partial charge in [-0.15, -0.1) is 0 Å². The van der Waals surface area contributed by atoms with E-state index < -0.39 is 46.0 Å². The summed E-state index contributed by atoms with van der Waals surface area (Å²) in [5.74, 6) is -12.5. The molecule has 0 aliphatic rings. The predicted octanol–water partition coefficient (Wildman–Crippen LogP) is 8.91. The van der Waals surface area contributed by atoms with Gasteiger partial charge in [0.15, 0.2) is 0 Å². The number of benzene rings is 3. The lowest BCUT2D eigenvalue weighted by molar-refractivity contribution is -0.149. The van der Waals surface area contributed by atoms with Crippen molar-refractivity contribution in [3.05, 3.63) is 95.1 Å². The van der Waals surface area contributed by atoms with E-state index in [1.54, 1.807) is 26.0 Å². The number of carbonyl (C=O) groups is 2. The summed E-state index contributed by atoms with van der Waals surface area (Å²) in [6, 6.07) is 17.9. The molecule has 0 spiro atoms. The fourth-order valence-corrected chi connectivity index (χ4v) is 4.52. The number of rotatable bonds is 10. The molecule has 0 saturated carbocycles. The highest BCUT2D eigenvalue weighted by atomic mass is 19.3. The Labute approximate surface area is 245 Å². The normalized spacial score (nSPS) is 13.5. The highest BCUT2D eigenvalue weighted by molar-refractivity contribution is 5.97. The van der Waals surface area contributed by atoms with Crippen molar-refractivity contribution in [1.82, 2.24) is 0 Å². The number of ketones is 1. The summed E-state index contributed by atoms with van der Waals surface area (Å²) < 4.78 is 60.2. The fraction of sp³-hybridized carbons (Fsp3) is 0.412. The summed E-state index contributed by atoms with van der Waals surface area (Å²) in [4.78, 5) is 25.0. The van der Waals surface area contributed by atoms with E-state index in [-0.39, 0.29) is 17.1 Å². The number of nitrogens with one attached hydrogen (secondary N) is 2. The number of hydrogen-bond donors (Lipinski definition) is 2. The molecule has 0 fully saturated rings. The van der Waals surface area contributed by atoms with Crippen LogP contribution in [0.4, 0.5) is 28.9 Å². The zero-order valence-corrected chi connectivity index (χ0v) is 25.4. The van der Waals surface area contributed by atoms with Gasteiger partial charge in [0.1, 0.15) is 0 Å². The zero-order valence-electron chi connectivity index (χ0n) is 25.4. The van der Waals surface area contributed by atoms with Crippen molar-refractivity contribution in [1.29, 1.82) is 0 Å². The van der Waals surface area contributed by atoms with E-state index in [0.717, 1.165) is 35.0 Å². The van der Waals surface area contributed by atoms with Crippen LogP contribution in [0, 0.1) is 11.8 Å². The van der Waals surface area contributed by atoms with Gasteiger partial charge in [0.2, 0.25) is 5.78 Å². The summed E-state index contributed by atoms with van der Waals surface area (Å²) in [6.45, 7) is 14.9. The van der Waals surface area contributed by atoms with Crippen LogP contribution in [0.2, 0.25) is 0 Å². The van der Waals surface area contributed by atoms with Gasteiger partial charge in [0.25, 0.3) is 5.91 Å². The van der Waals surface area contributed by atoms with Gasteiger partial charge in [-0.25, -0.2) is 0 Å². The van der Waals surface area contributed by atoms with Gasteiger partial charge in [0.05, 0.1) is 0 Å². The first-order valence-electron chi connectivity index (χ1n) is 14.0. The number of alkyl halides is 4. The van der Waals surface area contributed by atoms with Crippen molar-refractivity contribution in [2.75, 3.05) is 10.6 Å². The highest BCUT2D eigenvalue weighted by Gasteiger charge is 2.46. The van der Waals surface area contributed by atoms with Gasteiger partial charge in [-0.1, -0.05) is 77.1 Å². The minimum absolute atomic E-state index is 0.0762. The van der Waals surface area contributed by atoms with Crippen LogP contribution in [-0.4, -0.2) is 17.2 Å². The number of Topliss-reactive ketones (excluding diaryl/α,β-unsaturated/α-hetero) is 1. The monoisotopic (exact) mass is 584 g/mol. The summed E-state index contributed by atoms with van der Waals surface area (Å²) in [7, 11) is 0. The minimum Gasteiger partial charge on any atom is -0.380 e. The molecule has 1 atom stereocenters. The molecule has 42 heavy (non-hydrogen) atoms. The van der Waals surface area contributed by atoms with E-state index in [9.17, 15) is 18.4 Å². The second-order valence-electron chi connectivity index (χ2n) is 12.7. The van der Waals surface area contributed by atoms with E-state index in [4.69, 9.17) is 0 Å². The van der Waals surface area contributed by atoms with Crippen molar-refractivity contribution < 1.29 is 27.2 Å². The first-order valence-corrected chi connectivity index (χ1v) is 14.0. The van der Waals surface area contributed by atoms with Gasteiger partial charge < -0.3 is 10.6 Å². The van der Waals surface area contributed by atoms with Crippen LogP contribution in [0.5, 0.6) is 0 Å². The predicted molar refractivity (Wildman–Crippen MR) is 160 cm³/mol. The molecular formula is C34H40F4N2O2. The molecule has 0 aliphatic carbocycles. The molecule has 1 amide bonds. The van der Waals surface area contributed by atoms with Gasteiger partial charge in [-0.2, -0.15) is 17.6 Å². The van der Waals surface area contributed by atoms with E-state index in [1.165, 1.54) is 19.1 Å². The number of halogens is 4. The standard InChI is InChI=1S/C34H40F4N2O2/c1-21(2)22(3)29(41)33(35,36)25-10-9-11-26(20-25)34(37,38)30(42)39-27-16-12-23(13-17-27)32(7,8)24-14-18-28(19-15-24)40-31(4,5)6/h9-22,40H,1-8H3,(H,39,42). The third-order valence-corrected chi connectivity index (χ3v) is 7.59. The van der Waals surface area contributed by atoms with Gasteiger partial charge in [0, 0.05) is 39.4 Å². The Bertz CT molecular complexity index is 1410. The van der Waals surface area contributed by atoms with E-state index in [0.29, 0.717) is 6.07 Å². The van der Waals surface area contributed by atoms with Crippen LogP contribution in [-0.2, 0) is 26.8 Å². The maximum absolute atomic E-state index is 15.2. The highest BCUT2D eigenvalue weighted by Crippen LogP contribution is 2.38. The van der Waals surface area contributed by atoms with E-state index in [1.807, 2.05) is 38.1 Å². The Balaban J connectivity index is 1.77. The Morgan fingerprint density at radius 2 is 1.10 bits per heavy atom. The van der Waals surface area contributed by atoms with Gasteiger partial charge >= 0.3 is 11.8 Å². The molecular weight excluding hydrogens is 544 g/mol. The van der Waals surface area contributed by atoms with Crippen molar-refractivity contribution in [3.63, 3.8) is 0 Å². The van der Waals surface area contributed by atoms with Crippen molar-refractivity contribution in [3.8, 4) is 0 Å². The molecule has 1 unspecified atom stereocenters. The van der Waals surface area contributed by atoms with Crippen molar-refractivity contribution >= 4 is 23.1 Å². The number of carbonyl (C=O) groups excluding carboxylic acids is 2. The number of amides is 1. The van der Waals surface area contributed by atoms with E-state index >= 15 is 8.78 Å². The molecule has 0 heterocycles. The number of hydrogen-bond acceptors (Lipinski definition) is 3. The van der Waals surface area contributed by atoms with Crippen LogP contribution >= 0.6 is 0 Å². The molecule has 3 aromatic rings. The van der Waals surface area contributed by atoms with E-state index in [2.05, 4.69) is 31.4 Å². The fourth-order valence-electron chi connectivity index (χ4n) is 4.52. The Morgan fingerprint density at radius 3 is 1.55 bits per heavy atom. The van der Waals surface area contributed by atoms with Crippen LogP contribution in [0.15, 0.2) is 72.8 Å².